The maximum Gasteiger partial charge on any atom is 0.306 e. The van der Waals surface area contributed by atoms with Crippen molar-refractivity contribution in [2.24, 2.45) is 0 Å². The molecule has 0 rings (SSSR count). The van der Waals surface area contributed by atoms with Crippen LogP contribution in [0.2, 0.25) is 0 Å². The topological polar surface area (TPSA) is 26.3 Å². The highest BCUT2D eigenvalue weighted by atomic mass is 127. The van der Waals surface area contributed by atoms with Gasteiger partial charge in [0, 0.05) is 6.42 Å². The minimum atomic E-state index is -0.356. The maximum absolute atomic E-state index is 11.1. The van der Waals surface area contributed by atoms with E-state index in [2.05, 4.69) is 22.6 Å². The molecule has 2 nitrogen and oxygen atoms in total. The second kappa shape index (κ2) is 5.56. The van der Waals surface area contributed by atoms with Crippen molar-refractivity contribution in [1.29, 1.82) is 0 Å². The minimum Gasteiger partial charge on any atom is -0.460 e. The molecule has 0 aromatic carbocycles. The number of ether oxygens (including phenoxy) is 1. The van der Waals surface area contributed by atoms with Crippen LogP contribution in [0.3, 0.4) is 0 Å². The van der Waals surface area contributed by atoms with Crippen molar-refractivity contribution in [1.82, 2.24) is 0 Å². The molecule has 0 aromatic heterocycles. The third-order valence-electron chi connectivity index (χ3n) is 1.02. The largest absolute Gasteiger partial charge is 0.460 e. The molecule has 3 heteroatoms. The molecule has 0 fully saturated rings. The van der Waals surface area contributed by atoms with Crippen LogP contribution in [0.15, 0.2) is 10.2 Å². The Labute approximate surface area is 87.5 Å². The Morgan fingerprint density at radius 1 is 1.50 bits per heavy atom. The maximum atomic E-state index is 11.1. The molecule has 0 heterocycles. The van der Waals surface area contributed by atoms with Crippen LogP contribution in [0.5, 0.6) is 0 Å². The fourth-order valence-electron chi connectivity index (χ4n) is 0.657. The fraction of sp³-hybridized carbons (Fsp3) is 0.667. The van der Waals surface area contributed by atoms with Crippen LogP contribution in [0, 0.1) is 0 Å². The summed E-state index contributed by atoms with van der Waals surface area (Å²) in [7, 11) is 0. The number of carbonyl (C=O) groups is 1. The van der Waals surface area contributed by atoms with Gasteiger partial charge in [0.25, 0.3) is 0 Å². The van der Waals surface area contributed by atoms with Crippen molar-refractivity contribution in [3.05, 3.63) is 10.2 Å². The van der Waals surface area contributed by atoms with Gasteiger partial charge in [0.2, 0.25) is 0 Å². The van der Waals surface area contributed by atoms with Gasteiger partial charge in [0.1, 0.15) is 5.60 Å². The third-order valence-corrected chi connectivity index (χ3v) is 1.53. The summed E-state index contributed by atoms with van der Waals surface area (Å²) in [6, 6.07) is 0. The van der Waals surface area contributed by atoms with E-state index < -0.39 is 0 Å². The van der Waals surface area contributed by atoms with Crippen molar-refractivity contribution >= 4 is 28.6 Å². The van der Waals surface area contributed by atoms with E-state index in [0.717, 1.165) is 6.42 Å². The second-order valence-electron chi connectivity index (χ2n) is 3.49. The molecule has 0 aliphatic heterocycles. The van der Waals surface area contributed by atoms with Gasteiger partial charge in [-0.1, -0.05) is 28.7 Å². The highest BCUT2D eigenvalue weighted by Gasteiger charge is 2.14. The number of hydrogen-bond donors (Lipinski definition) is 0. The molecule has 0 saturated heterocycles. The number of allylic oxidation sites excluding steroid dienone is 1. The van der Waals surface area contributed by atoms with E-state index in [9.17, 15) is 4.79 Å². The second-order valence-corrected chi connectivity index (χ2v) is 4.21. The van der Waals surface area contributed by atoms with Crippen LogP contribution in [0.1, 0.15) is 33.6 Å². The molecule has 0 bridgehead atoms. The summed E-state index contributed by atoms with van der Waals surface area (Å²) in [6.07, 6.45) is 3.18. The smallest absolute Gasteiger partial charge is 0.306 e. The van der Waals surface area contributed by atoms with E-state index in [1.807, 2.05) is 30.9 Å². The summed E-state index contributed by atoms with van der Waals surface area (Å²) in [5.41, 5.74) is -0.356. The molecule has 0 aromatic rings. The lowest BCUT2D eigenvalue weighted by Crippen LogP contribution is -2.23. The van der Waals surface area contributed by atoms with Gasteiger partial charge in [-0.25, -0.2) is 0 Å². The molecule has 0 aliphatic rings. The zero-order valence-electron chi connectivity index (χ0n) is 7.76. The predicted octanol–water partition coefficient (Wildman–Crippen LogP) is 3.06. The van der Waals surface area contributed by atoms with Gasteiger partial charge in [0.05, 0.1) is 0 Å². The van der Waals surface area contributed by atoms with E-state index in [4.69, 9.17) is 4.74 Å². The van der Waals surface area contributed by atoms with Gasteiger partial charge >= 0.3 is 5.97 Å². The summed E-state index contributed by atoms with van der Waals surface area (Å²) in [5, 5.41) is 0. The standard InChI is InChI=1S/C9H15IO2/c1-9(2,3)12-8(11)6-4-5-7-10/h5,7H,4,6H2,1-3H3/b7-5-. The molecule has 0 N–H and O–H groups in total. The van der Waals surface area contributed by atoms with Crippen molar-refractivity contribution < 1.29 is 9.53 Å². The quantitative estimate of drug-likeness (QED) is 0.587. The zero-order valence-corrected chi connectivity index (χ0v) is 9.92. The van der Waals surface area contributed by atoms with E-state index in [1.165, 1.54) is 0 Å². The number of halogens is 1. The molecule has 0 spiro atoms. The van der Waals surface area contributed by atoms with Crippen molar-refractivity contribution in [2.45, 2.75) is 39.2 Å². The monoisotopic (exact) mass is 282 g/mol. The predicted molar refractivity (Wildman–Crippen MR) is 58.2 cm³/mol. The highest BCUT2D eigenvalue weighted by molar-refractivity contribution is 14.1. The number of esters is 1. The van der Waals surface area contributed by atoms with Gasteiger partial charge < -0.3 is 4.74 Å². The summed E-state index contributed by atoms with van der Waals surface area (Å²) >= 11 is 2.13. The van der Waals surface area contributed by atoms with Crippen LogP contribution in [0.25, 0.3) is 0 Å². The fourth-order valence-corrected chi connectivity index (χ4v) is 1.02. The molecule has 0 radical (unpaired) electrons. The molecule has 0 saturated carbocycles. The summed E-state index contributed by atoms with van der Waals surface area (Å²) in [5.74, 6) is -0.128. The Kier molecular flexibility index (Phi) is 5.53. The van der Waals surface area contributed by atoms with Gasteiger partial charge in [-0.05, 0) is 31.3 Å². The Hall–Kier alpha value is -0.0600. The van der Waals surface area contributed by atoms with Crippen molar-refractivity contribution in [3.8, 4) is 0 Å². The summed E-state index contributed by atoms with van der Waals surface area (Å²) in [6.45, 7) is 5.62. The zero-order chi connectivity index (χ0) is 9.61. The number of carbonyl (C=O) groups excluding carboxylic acids is 1. The van der Waals surface area contributed by atoms with Gasteiger partial charge in [-0.3, -0.25) is 4.79 Å². The van der Waals surface area contributed by atoms with Gasteiger partial charge in [-0.15, -0.1) is 0 Å². The first kappa shape index (κ1) is 11.9. The third kappa shape index (κ3) is 8.04. The normalized spacial score (nSPS) is 12.0. The highest BCUT2D eigenvalue weighted by Crippen LogP contribution is 2.09. The van der Waals surface area contributed by atoms with Gasteiger partial charge in [-0.2, -0.15) is 0 Å². The van der Waals surface area contributed by atoms with Crippen molar-refractivity contribution in [3.63, 3.8) is 0 Å². The lowest BCUT2D eigenvalue weighted by Gasteiger charge is -2.19. The molecule has 0 amide bonds. The van der Waals surface area contributed by atoms with E-state index >= 15 is 0 Å². The first-order chi connectivity index (χ1) is 5.45. The SMILES string of the molecule is CC(C)(C)OC(=O)CC/C=C\I. The molecular weight excluding hydrogens is 267 g/mol. The molecule has 0 aliphatic carbocycles. The first-order valence-corrected chi connectivity index (χ1v) is 5.17. The Morgan fingerprint density at radius 2 is 2.08 bits per heavy atom. The Bertz CT molecular complexity index is 168. The molecule has 0 unspecified atom stereocenters. The minimum absolute atomic E-state index is 0.128. The van der Waals surface area contributed by atoms with E-state index in [0.29, 0.717) is 6.42 Å². The Balaban J connectivity index is 3.61. The molecule has 0 atom stereocenters. The van der Waals surface area contributed by atoms with Gasteiger partial charge in [0.15, 0.2) is 0 Å². The van der Waals surface area contributed by atoms with Crippen LogP contribution in [-0.4, -0.2) is 11.6 Å². The molecule has 70 valence electrons. The van der Waals surface area contributed by atoms with Crippen molar-refractivity contribution in [2.75, 3.05) is 0 Å². The van der Waals surface area contributed by atoms with Crippen LogP contribution >= 0.6 is 22.6 Å². The van der Waals surface area contributed by atoms with Crippen LogP contribution in [0.4, 0.5) is 0 Å². The first-order valence-electron chi connectivity index (χ1n) is 3.93. The lowest BCUT2D eigenvalue weighted by molar-refractivity contribution is -0.154. The van der Waals surface area contributed by atoms with E-state index in [-0.39, 0.29) is 11.6 Å². The lowest BCUT2D eigenvalue weighted by atomic mass is 10.2. The number of hydrogen-bond acceptors (Lipinski definition) is 2. The van der Waals surface area contributed by atoms with Crippen LogP contribution in [-0.2, 0) is 9.53 Å². The molecular formula is C9H15IO2. The summed E-state index contributed by atoms with van der Waals surface area (Å²) in [4.78, 5) is 11.1. The summed E-state index contributed by atoms with van der Waals surface area (Å²) < 4.78 is 7.01. The Morgan fingerprint density at radius 3 is 2.50 bits per heavy atom. The van der Waals surface area contributed by atoms with E-state index in [1.54, 1.807) is 0 Å². The average Bonchev–Trinajstić information content (AvgIpc) is 1.84. The average molecular weight is 282 g/mol. The molecule has 12 heavy (non-hydrogen) atoms. The van der Waals surface area contributed by atoms with Crippen LogP contribution < -0.4 is 0 Å². The number of rotatable bonds is 3.